The zero-order chi connectivity index (χ0) is 17.1. The first-order chi connectivity index (χ1) is 11.6. The van der Waals surface area contributed by atoms with E-state index in [1.54, 1.807) is 24.4 Å². The van der Waals surface area contributed by atoms with Crippen molar-refractivity contribution >= 4 is 23.3 Å². The van der Waals surface area contributed by atoms with E-state index in [0.717, 1.165) is 5.56 Å². The molecule has 1 N–H and O–H groups in total. The van der Waals surface area contributed by atoms with E-state index in [1.807, 2.05) is 32.0 Å². The number of fused-ring (bicyclic) bond motifs is 1. The van der Waals surface area contributed by atoms with Gasteiger partial charge in [0, 0.05) is 6.20 Å². The molecule has 6 heteroatoms. The van der Waals surface area contributed by atoms with Crippen LogP contribution in [0.5, 0.6) is 5.75 Å². The Balaban J connectivity index is 1.78. The summed E-state index contributed by atoms with van der Waals surface area (Å²) in [6.45, 7) is 3.73. The van der Waals surface area contributed by atoms with Gasteiger partial charge in [-0.25, -0.2) is 4.98 Å². The molecule has 2 aromatic rings. The smallest absolute Gasteiger partial charge is 0.268 e. The molecular weight excluding hydrogens is 306 g/mol. The van der Waals surface area contributed by atoms with E-state index in [-0.39, 0.29) is 18.4 Å². The number of nitrogens with zero attached hydrogens (tertiary/aromatic N) is 2. The summed E-state index contributed by atoms with van der Waals surface area (Å²) in [6.07, 6.45) is 1.66. The van der Waals surface area contributed by atoms with Crippen LogP contribution in [0.15, 0.2) is 42.6 Å². The molecule has 1 aromatic heterocycles. The number of aryl methyl sites for hydroxylation is 1. The van der Waals surface area contributed by atoms with E-state index >= 15 is 0 Å². The minimum Gasteiger partial charge on any atom is -0.478 e. The number of ether oxygens (including phenoxy) is 1. The van der Waals surface area contributed by atoms with Gasteiger partial charge in [0.1, 0.15) is 18.1 Å². The zero-order valence-corrected chi connectivity index (χ0v) is 13.7. The van der Waals surface area contributed by atoms with Crippen LogP contribution in [0.4, 0.5) is 11.5 Å². The number of amides is 2. The molecule has 1 aliphatic rings. The lowest BCUT2D eigenvalue weighted by Gasteiger charge is -2.33. The van der Waals surface area contributed by atoms with Gasteiger partial charge >= 0.3 is 0 Å². The average molecular weight is 325 g/mol. The van der Waals surface area contributed by atoms with Crippen LogP contribution in [0.3, 0.4) is 0 Å². The number of nitrogens with one attached hydrogen (secondary N) is 1. The molecule has 1 aromatic carbocycles. The summed E-state index contributed by atoms with van der Waals surface area (Å²) >= 11 is 0. The number of rotatable bonds is 4. The lowest BCUT2D eigenvalue weighted by molar-refractivity contribution is -0.128. The van der Waals surface area contributed by atoms with Gasteiger partial charge in [0.25, 0.3) is 5.91 Å². The zero-order valence-electron chi connectivity index (χ0n) is 13.7. The summed E-state index contributed by atoms with van der Waals surface area (Å²) in [5.74, 6) is 0.575. The normalized spacial score (nSPS) is 16.3. The number of pyridine rings is 1. The quantitative estimate of drug-likeness (QED) is 0.937. The fourth-order valence-corrected chi connectivity index (χ4v) is 2.56. The highest BCUT2D eigenvalue weighted by Crippen LogP contribution is 2.34. The van der Waals surface area contributed by atoms with E-state index in [1.165, 1.54) is 4.90 Å². The largest absolute Gasteiger partial charge is 0.478 e. The maximum Gasteiger partial charge on any atom is 0.268 e. The maximum atomic E-state index is 12.6. The predicted octanol–water partition coefficient (Wildman–Crippen LogP) is 2.53. The first-order valence-electron chi connectivity index (χ1n) is 7.88. The van der Waals surface area contributed by atoms with Crippen molar-refractivity contribution in [3.8, 4) is 5.75 Å². The Morgan fingerprint density at radius 2 is 2.08 bits per heavy atom. The predicted molar refractivity (Wildman–Crippen MR) is 91.1 cm³/mol. The van der Waals surface area contributed by atoms with E-state index in [2.05, 4.69) is 10.3 Å². The van der Waals surface area contributed by atoms with Crippen molar-refractivity contribution in [1.29, 1.82) is 0 Å². The first-order valence-corrected chi connectivity index (χ1v) is 7.88. The monoisotopic (exact) mass is 325 g/mol. The van der Waals surface area contributed by atoms with Gasteiger partial charge in [-0.3, -0.25) is 14.5 Å². The number of carbonyl (C=O) groups is 2. The number of hydrogen-bond acceptors (Lipinski definition) is 4. The Kier molecular flexibility index (Phi) is 4.46. The summed E-state index contributed by atoms with van der Waals surface area (Å²) in [5, 5.41) is 2.72. The molecular formula is C18H19N3O3. The highest BCUT2D eigenvalue weighted by Gasteiger charge is 2.34. The maximum absolute atomic E-state index is 12.6. The molecule has 24 heavy (non-hydrogen) atoms. The molecule has 3 rings (SSSR count). The summed E-state index contributed by atoms with van der Waals surface area (Å²) in [6, 6.07) is 10.8. The van der Waals surface area contributed by atoms with Gasteiger partial charge in [-0.1, -0.05) is 25.1 Å². The Morgan fingerprint density at radius 3 is 2.79 bits per heavy atom. The topological polar surface area (TPSA) is 71.5 Å². The summed E-state index contributed by atoms with van der Waals surface area (Å²) in [5.41, 5.74) is 1.62. The third-order valence-electron chi connectivity index (χ3n) is 3.82. The summed E-state index contributed by atoms with van der Waals surface area (Å²) in [4.78, 5) is 30.5. The molecule has 2 amide bonds. The number of anilines is 2. The Morgan fingerprint density at radius 1 is 1.29 bits per heavy atom. The highest BCUT2D eigenvalue weighted by molar-refractivity contribution is 6.06. The molecule has 0 saturated carbocycles. The molecule has 124 valence electrons. The minimum absolute atomic E-state index is 0.0781. The van der Waals surface area contributed by atoms with Crippen LogP contribution in [0.25, 0.3) is 0 Å². The molecule has 1 aliphatic heterocycles. The summed E-state index contributed by atoms with van der Waals surface area (Å²) in [7, 11) is 0. The molecule has 0 saturated heterocycles. The SMILES string of the molecule is CCC1Oc2ccccc2N(CC(=O)Nc2ccc(C)cn2)C1=O. The van der Waals surface area contributed by atoms with Crippen LogP contribution in [0.1, 0.15) is 18.9 Å². The first kappa shape index (κ1) is 16.0. The fraction of sp³-hybridized carbons (Fsp3) is 0.278. The highest BCUT2D eigenvalue weighted by atomic mass is 16.5. The second-order valence-corrected chi connectivity index (χ2v) is 5.68. The number of benzene rings is 1. The number of carbonyl (C=O) groups excluding carboxylic acids is 2. The van der Waals surface area contributed by atoms with Gasteiger partial charge in [0.15, 0.2) is 6.10 Å². The van der Waals surface area contributed by atoms with Crippen LogP contribution < -0.4 is 15.0 Å². The number of hydrogen-bond donors (Lipinski definition) is 1. The molecule has 1 unspecified atom stereocenters. The van der Waals surface area contributed by atoms with Crippen molar-refractivity contribution in [2.75, 3.05) is 16.8 Å². The van der Waals surface area contributed by atoms with E-state index in [0.29, 0.717) is 23.7 Å². The van der Waals surface area contributed by atoms with Gasteiger partial charge in [0.2, 0.25) is 5.91 Å². The Hall–Kier alpha value is -2.89. The Labute approximate surface area is 140 Å². The van der Waals surface area contributed by atoms with Crippen LogP contribution in [0.2, 0.25) is 0 Å². The lowest BCUT2D eigenvalue weighted by atomic mass is 10.1. The van der Waals surface area contributed by atoms with Gasteiger partial charge in [-0.15, -0.1) is 0 Å². The van der Waals surface area contributed by atoms with Gasteiger partial charge < -0.3 is 10.1 Å². The molecule has 2 heterocycles. The van der Waals surface area contributed by atoms with Crippen LogP contribution in [-0.4, -0.2) is 29.4 Å². The number of aromatic nitrogens is 1. The van der Waals surface area contributed by atoms with E-state index in [9.17, 15) is 9.59 Å². The van der Waals surface area contributed by atoms with Gasteiger partial charge in [0.05, 0.1) is 5.69 Å². The molecule has 0 fully saturated rings. The van der Waals surface area contributed by atoms with Crippen molar-refractivity contribution in [3.63, 3.8) is 0 Å². The third kappa shape index (κ3) is 3.22. The molecule has 1 atom stereocenters. The third-order valence-corrected chi connectivity index (χ3v) is 3.82. The minimum atomic E-state index is -0.565. The lowest BCUT2D eigenvalue weighted by Crippen LogP contribution is -2.48. The van der Waals surface area contributed by atoms with Gasteiger partial charge in [-0.2, -0.15) is 0 Å². The van der Waals surface area contributed by atoms with Crippen molar-refractivity contribution in [3.05, 3.63) is 48.2 Å². The average Bonchev–Trinajstić information content (AvgIpc) is 2.59. The van der Waals surface area contributed by atoms with Gasteiger partial charge in [-0.05, 0) is 37.1 Å². The van der Waals surface area contributed by atoms with E-state index in [4.69, 9.17) is 4.74 Å². The molecule has 0 spiro atoms. The van der Waals surface area contributed by atoms with E-state index < -0.39 is 6.10 Å². The van der Waals surface area contributed by atoms with Crippen LogP contribution in [0, 0.1) is 6.92 Å². The molecule has 0 aliphatic carbocycles. The number of para-hydroxylation sites is 2. The molecule has 0 bridgehead atoms. The fourth-order valence-electron chi connectivity index (χ4n) is 2.56. The van der Waals surface area contributed by atoms with Crippen molar-refractivity contribution < 1.29 is 14.3 Å². The second kappa shape index (κ2) is 6.70. The second-order valence-electron chi connectivity index (χ2n) is 5.68. The van der Waals surface area contributed by atoms with Crippen molar-refractivity contribution in [2.45, 2.75) is 26.4 Å². The van der Waals surface area contributed by atoms with Crippen LogP contribution in [-0.2, 0) is 9.59 Å². The summed E-state index contributed by atoms with van der Waals surface area (Å²) < 4.78 is 5.70. The van der Waals surface area contributed by atoms with Crippen LogP contribution >= 0.6 is 0 Å². The molecule has 6 nitrogen and oxygen atoms in total. The molecule has 0 radical (unpaired) electrons. The van der Waals surface area contributed by atoms with Crippen molar-refractivity contribution in [2.24, 2.45) is 0 Å². The van der Waals surface area contributed by atoms with Crippen molar-refractivity contribution in [1.82, 2.24) is 4.98 Å². The Bertz CT molecular complexity index is 758. The standard InChI is InChI=1S/C18H19N3O3/c1-3-14-18(23)21(13-6-4-5-7-15(13)24-14)11-17(22)20-16-9-8-12(2)10-19-16/h4-10,14H,3,11H2,1-2H3,(H,19,20,22).